The Kier molecular flexibility index (Phi) is 3.52. The Bertz CT molecular complexity index is 694. The van der Waals surface area contributed by atoms with E-state index < -0.39 is 0 Å². The molecule has 0 N–H and O–H groups in total. The Morgan fingerprint density at radius 1 is 1.00 bits per heavy atom. The van der Waals surface area contributed by atoms with Gasteiger partial charge >= 0.3 is 0 Å². The lowest BCUT2D eigenvalue weighted by Crippen LogP contribution is -2.05. The smallest absolute Gasteiger partial charge is 0.163 e. The Morgan fingerprint density at radius 3 is 2.45 bits per heavy atom. The molecule has 3 rings (SSSR count). The molecule has 0 amide bonds. The third-order valence-electron chi connectivity index (χ3n) is 3.15. The van der Waals surface area contributed by atoms with E-state index in [0.29, 0.717) is 0 Å². The van der Waals surface area contributed by atoms with Crippen LogP contribution in [0.4, 0.5) is 0 Å². The van der Waals surface area contributed by atoms with Crippen molar-refractivity contribution in [3.8, 4) is 11.4 Å². The Balaban J connectivity index is 1.99. The van der Waals surface area contributed by atoms with E-state index >= 15 is 0 Å². The van der Waals surface area contributed by atoms with Gasteiger partial charge in [0, 0.05) is 18.8 Å². The van der Waals surface area contributed by atoms with Crippen LogP contribution in [0.5, 0.6) is 0 Å². The van der Waals surface area contributed by atoms with Gasteiger partial charge < -0.3 is 4.57 Å². The van der Waals surface area contributed by atoms with Crippen molar-refractivity contribution >= 4 is 12.6 Å². The van der Waals surface area contributed by atoms with Crippen LogP contribution in [0.2, 0.25) is 0 Å². The van der Waals surface area contributed by atoms with Gasteiger partial charge in [-0.1, -0.05) is 36.4 Å². The predicted octanol–water partition coefficient (Wildman–Crippen LogP) is 2.90. The summed E-state index contributed by atoms with van der Waals surface area (Å²) in [7, 11) is 1.95. The fourth-order valence-electron chi connectivity index (χ4n) is 2.09. The molecule has 20 heavy (non-hydrogen) atoms. The lowest BCUT2D eigenvalue weighted by atomic mass is 10.2. The van der Waals surface area contributed by atoms with Gasteiger partial charge in [0.1, 0.15) is 5.25 Å². The second-order valence-corrected chi connectivity index (χ2v) is 4.98. The molecular weight excluding hydrogens is 268 g/mol. The molecule has 0 bridgehead atoms. The summed E-state index contributed by atoms with van der Waals surface area (Å²) in [6, 6.07) is 15.8. The molecule has 2 aromatic heterocycles. The van der Waals surface area contributed by atoms with Crippen molar-refractivity contribution in [2.45, 2.75) is 5.25 Å². The van der Waals surface area contributed by atoms with Gasteiger partial charge in [-0.3, -0.25) is 4.98 Å². The summed E-state index contributed by atoms with van der Waals surface area (Å²) in [4.78, 5) is 4.32. The molecule has 1 aromatic carbocycles. The molecular formula is C15H14N4S. The quantitative estimate of drug-likeness (QED) is 0.751. The van der Waals surface area contributed by atoms with E-state index in [4.69, 9.17) is 0 Å². The van der Waals surface area contributed by atoms with Crippen LogP contribution >= 0.6 is 12.6 Å². The van der Waals surface area contributed by atoms with Crippen LogP contribution in [0.15, 0.2) is 54.7 Å². The zero-order valence-corrected chi connectivity index (χ0v) is 11.9. The minimum absolute atomic E-state index is 0.189. The van der Waals surface area contributed by atoms with Crippen molar-refractivity contribution in [1.82, 2.24) is 19.7 Å². The van der Waals surface area contributed by atoms with Crippen LogP contribution in [0, 0.1) is 0 Å². The topological polar surface area (TPSA) is 43.6 Å². The number of nitrogens with zero attached hydrogens (tertiary/aromatic N) is 4. The highest BCUT2D eigenvalue weighted by Crippen LogP contribution is 2.27. The summed E-state index contributed by atoms with van der Waals surface area (Å²) in [5.41, 5.74) is 1.90. The van der Waals surface area contributed by atoms with E-state index in [9.17, 15) is 0 Å². The van der Waals surface area contributed by atoms with Crippen LogP contribution in [-0.4, -0.2) is 19.7 Å². The fraction of sp³-hybridized carbons (Fsp3) is 0.133. The molecule has 0 saturated carbocycles. The molecule has 4 nitrogen and oxygen atoms in total. The first kappa shape index (κ1) is 12.9. The first-order chi connectivity index (χ1) is 9.77. The molecule has 0 aliphatic carbocycles. The highest BCUT2D eigenvalue weighted by Gasteiger charge is 2.19. The van der Waals surface area contributed by atoms with Crippen LogP contribution < -0.4 is 0 Å². The summed E-state index contributed by atoms with van der Waals surface area (Å²) in [6.07, 6.45) is 1.76. The standard InChI is InChI=1S/C15H14N4S/c1-19-14(11-7-3-2-4-8-11)17-18-15(19)13(20)12-9-5-6-10-16-12/h2-10,13,20H,1H3. The average Bonchev–Trinajstić information content (AvgIpc) is 2.90. The molecule has 0 radical (unpaired) electrons. The second-order valence-electron chi connectivity index (χ2n) is 4.46. The Morgan fingerprint density at radius 2 is 1.75 bits per heavy atom. The second kappa shape index (κ2) is 5.46. The largest absolute Gasteiger partial charge is 0.313 e. The molecule has 0 aliphatic heterocycles. The van der Waals surface area contributed by atoms with E-state index in [0.717, 1.165) is 22.9 Å². The first-order valence-electron chi connectivity index (χ1n) is 6.31. The van der Waals surface area contributed by atoms with E-state index in [1.165, 1.54) is 0 Å². The molecule has 0 fully saturated rings. The molecule has 0 saturated heterocycles. The first-order valence-corrected chi connectivity index (χ1v) is 6.82. The zero-order valence-electron chi connectivity index (χ0n) is 11.0. The SMILES string of the molecule is Cn1c(-c2ccccc2)nnc1C(S)c1ccccn1. The van der Waals surface area contributed by atoms with Crippen LogP contribution in [0.3, 0.4) is 0 Å². The van der Waals surface area contributed by atoms with Crippen LogP contribution in [-0.2, 0) is 7.05 Å². The average molecular weight is 282 g/mol. The van der Waals surface area contributed by atoms with Gasteiger partial charge in [0.05, 0.1) is 5.69 Å². The zero-order chi connectivity index (χ0) is 13.9. The van der Waals surface area contributed by atoms with Crippen LogP contribution in [0.25, 0.3) is 11.4 Å². The molecule has 2 heterocycles. The molecule has 1 unspecified atom stereocenters. The highest BCUT2D eigenvalue weighted by molar-refractivity contribution is 7.80. The van der Waals surface area contributed by atoms with E-state index in [1.807, 2.05) is 60.1 Å². The van der Waals surface area contributed by atoms with Crippen molar-refractivity contribution in [3.05, 3.63) is 66.2 Å². The number of aromatic nitrogens is 4. The maximum absolute atomic E-state index is 4.62. The minimum atomic E-state index is -0.189. The lowest BCUT2D eigenvalue weighted by molar-refractivity contribution is 0.808. The summed E-state index contributed by atoms with van der Waals surface area (Å²) in [5, 5.41) is 8.35. The number of hydrogen-bond donors (Lipinski definition) is 1. The number of hydrogen-bond acceptors (Lipinski definition) is 4. The van der Waals surface area contributed by atoms with Crippen molar-refractivity contribution in [2.24, 2.45) is 7.05 Å². The Hall–Kier alpha value is -2.14. The van der Waals surface area contributed by atoms with Crippen molar-refractivity contribution in [2.75, 3.05) is 0 Å². The maximum atomic E-state index is 4.62. The predicted molar refractivity (Wildman–Crippen MR) is 81.5 cm³/mol. The number of rotatable bonds is 3. The summed E-state index contributed by atoms with van der Waals surface area (Å²) >= 11 is 4.62. The molecule has 3 aromatic rings. The van der Waals surface area contributed by atoms with Gasteiger partial charge in [0.15, 0.2) is 11.6 Å². The van der Waals surface area contributed by atoms with E-state index in [2.05, 4.69) is 27.8 Å². The number of thiol groups is 1. The van der Waals surface area contributed by atoms with Gasteiger partial charge in [-0.2, -0.15) is 12.6 Å². The third-order valence-corrected chi connectivity index (χ3v) is 3.65. The minimum Gasteiger partial charge on any atom is -0.313 e. The molecule has 1 atom stereocenters. The van der Waals surface area contributed by atoms with Gasteiger partial charge in [-0.25, -0.2) is 0 Å². The van der Waals surface area contributed by atoms with E-state index in [1.54, 1.807) is 6.20 Å². The summed E-state index contributed by atoms with van der Waals surface area (Å²) in [6.45, 7) is 0. The normalized spacial score (nSPS) is 12.3. The van der Waals surface area contributed by atoms with Crippen molar-refractivity contribution in [3.63, 3.8) is 0 Å². The maximum Gasteiger partial charge on any atom is 0.163 e. The number of benzene rings is 1. The van der Waals surface area contributed by atoms with Crippen molar-refractivity contribution in [1.29, 1.82) is 0 Å². The van der Waals surface area contributed by atoms with Gasteiger partial charge in [-0.05, 0) is 12.1 Å². The lowest BCUT2D eigenvalue weighted by Gasteiger charge is -2.10. The number of pyridine rings is 1. The molecule has 0 spiro atoms. The molecule has 100 valence electrons. The molecule has 5 heteroatoms. The summed E-state index contributed by atoms with van der Waals surface area (Å²) in [5.74, 6) is 1.61. The van der Waals surface area contributed by atoms with E-state index in [-0.39, 0.29) is 5.25 Å². The van der Waals surface area contributed by atoms with Crippen molar-refractivity contribution < 1.29 is 0 Å². The third kappa shape index (κ3) is 2.32. The monoisotopic (exact) mass is 282 g/mol. The van der Waals surface area contributed by atoms with Gasteiger partial charge in [0.2, 0.25) is 0 Å². The Labute approximate surface area is 122 Å². The van der Waals surface area contributed by atoms with Gasteiger partial charge in [0.25, 0.3) is 0 Å². The summed E-state index contributed by atoms with van der Waals surface area (Å²) < 4.78 is 1.96. The van der Waals surface area contributed by atoms with Gasteiger partial charge in [-0.15, -0.1) is 10.2 Å². The van der Waals surface area contributed by atoms with Crippen LogP contribution in [0.1, 0.15) is 16.8 Å². The fourth-order valence-corrected chi connectivity index (χ4v) is 2.47. The highest BCUT2D eigenvalue weighted by atomic mass is 32.1. The molecule has 0 aliphatic rings.